The summed E-state index contributed by atoms with van der Waals surface area (Å²) in [5, 5.41) is 9.52. The van der Waals surface area contributed by atoms with Gasteiger partial charge < -0.3 is 15.6 Å². The molecule has 0 spiro atoms. The van der Waals surface area contributed by atoms with Crippen LogP contribution in [0.4, 0.5) is 8.78 Å². The van der Waals surface area contributed by atoms with Gasteiger partial charge in [0.25, 0.3) is 0 Å². The Morgan fingerprint density at radius 2 is 1.94 bits per heavy atom. The Balaban J connectivity index is 3.33. The van der Waals surface area contributed by atoms with Crippen LogP contribution in [-0.4, -0.2) is 17.8 Å². The molecule has 0 saturated carbocycles. The van der Waals surface area contributed by atoms with Crippen LogP contribution in [0.15, 0.2) is 6.07 Å². The van der Waals surface area contributed by atoms with Gasteiger partial charge in [0.05, 0.1) is 7.11 Å². The second kappa shape index (κ2) is 4.25. The minimum absolute atomic E-state index is 0.0486. The van der Waals surface area contributed by atoms with Crippen LogP contribution in [-0.2, 0) is 6.42 Å². The molecule has 0 fully saturated rings. The van der Waals surface area contributed by atoms with Crippen LogP contribution in [0.1, 0.15) is 19.4 Å². The molecule has 3 nitrogen and oxygen atoms in total. The highest BCUT2D eigenvalue weighted by Crippen LogP contribution is 2.35. The molecule has 0 bridgehead atoms. The number of aromatic hydroxyl groups is 1. The monoisotopic (exact) mass is 231 g/mol. The normalized spacial score (nSPS) is 11.6. The first-order valence-corrected chi connectivity index (χ1v) is 4.79. The molecule has 0 aliphatic rings. The first-order chi connectivity index (χ1) is 7.26. The third-order valence-corrected chi connectivity index (χ3v) is 2.09. The van der Waals surface area contributed by atoms with E-state index in [0.29, 0.717) is 6.07 Å². The standard InChI is InChI=1S/C11H15F2NO2/c1-11(2,14)5-6-9(15)7(12)4-8(13)10(6)16-3/h4,15H,5,14H2,1-3H3. The van der Waals surface area contributed by atoms with E-state index in [1.165, 1.54) is 7.11 Å². The fraction of sp³-hybridized carbons (Fsp3) is 0.455. The van der Waals surface area contributed by atoms with E-state index < -0.39 is 22.9 Å². The Hall–Kier alpha value is -1.36. The van der Waals surface area contributed by atoms with E-state index in [0.717, 1.165) is 0 Å². The van der Waals surface area contributed by atoms with Crippen LogP contribution < -0.4 is 10.5 Å². The van der Waals surface area contributed by atoms with Gasteiger partial charge in [-0.2, -0.15) is 0 Å². The maximum absolute atomic E-state index is 13.3. The Morgan fingerprint density at radius 1 is 1.38 bits per heavy atom. The first kappa shape index (κ1) is 12.7. The van der Waals surface area contributed by atoms with Crippen molar-refractivity contribution in [1.29, 1.82) is 0 Å². The van der Waals surface area contributed by atoms with Crippen LogP contribution in [0, 0.1) is 11.6 Å². The molecule has 0 saturated heterocycles. The molecular weight excluding hydrogens is 216 g/mol. The predicted octanol–water partition coefficient (Wildman–Crippen LogP) is 1.96. The van der Waals surface area contributed by atoms with Crippen molar-refractivity contribution in [2.24, 2.45) is 5.73 Å². The zero-order valence-electron chi connectivity index (χ0n) is 9.47. The lowest BCUT2D eigenvalue weighted by atomic mass is 9.94. The van der Waals surface area contributed by atoms with Gasteiger partial charge in [-0.05, 0) is 20.3 Å². The lowest BCUT2D eigenvalue weighted by molar-refractivity contribution is 0.354. The molecule has 1 aromatic carbocycles. The fourth-order valence-corrected chi connectivity index (χ4v) is 1.48. The van der Waals surface area contributed by atoms with Gasteiger partial charge in [0.2, 0.25) is 0 Å². The van der Waals surface area contributed by atoms with Gasteiger partial charge in [0.15, 0.2) is 23.1 Å². The predicted molar refractivity (Wildman–Crippen MR) is 56.5 cm³/mol. The van der Waals surface area contributed by atoms with Gasteiger partial charge >= 0.3 is 0 Å². The lowest BCUT2D eigenvalue weighted by Gasteiger charge is -2.21. The molecule has 1 rings (SSSR count). The van der Waals surface area contributed by atoms with E-state index in [1.807, 2.05) is 0 Å². The number of phenolic OH excluding ortho intramolecular Hbond substituents is 1. The van der Waals surface area contributed by atoms with E-state index in [9.17, 15) is 13.9 Å². The van der Waals surface area contributed by atoms with Gasteiger partial charge in [0, 0.05) is 17.2 Å². The molecule has 0 radical (unpaired) electrons. The van der Waals surface area contributed by atoms with Crippen LogP contribution in [0.25, 0.3) is 0 Å². The summed E-state index contributed by atoms with van der Waals surface area (Å²) in [6.45, 7) is 3.38. The zero-order valence-corrected chi connectivity index (χ0v) is 9.47. The molecule has 0 aromatic heterocycles. The van der Waals surface area contributed by atoms with Gasteiger partial charge in [-0.25, -0.2) is 8.78 Å². The number of nitrogens with two attached hydrogens (primary N) is 1. The Labute approximate surface area is 92.8 Å². The largest absolute Gasteiger partial charge is 0.505 e. The van der Waals surface area contributed by atoms with Crippen molar-refractivity contribution >= 4 is 0 Å². The van der Waals surface area contributed by atoms with E-state index in [1.54, 1.807) is 13.8 Å². The summed E-state index contributed by atoms with van der Waals surface area (Å²) in [6, 6.07) is 0.585. The van der Waals surface area contributed by atoms with Crippen LogP contribution >= 0.6 is 0 Å². The summed E-state index contributed by atoms with van der Waals surface area (Å²) in [5.41, 5.74) is 5.09. The number of rotatable bonds is 3. The molecule has 90 valence electrons. The number of hydrogen-bond donors (Lipinski definition) is 2. The number of benzene rings is 1. The highest BCUT2D eigenvalue weighted by molar-refractivity contribution is 5.46. The molecule has 5 heteroatoms. The topological polar surface area (TPSA) is 55.5 Å². The Bertz CT molecular complexity index is 400. The molecule has 1 aromatic rings. The van der Waals surface area contributed by atoms with E-state index in [-0.39, 0.29) is 17.7 Å². The van der Waals surface area contributed by atoms with Crippen LogP contribution in [0.3, 0.4) is 0 Å². The quantitative estimate of drug-likeness (QED) is 0.836. The van der Waals surface area contributed by atoms with Crippen molar-refractivity contribution in [3.63, 3.8) is 0 Å². The summed E-state index contributed by atoms with van der Waals surface area (Å²) in [4.78, 5) is 0. The Kier molecular flexibility index (Phi) is 3.38. The average Bonchev–Trinajstić information content (AvgIpc) is 2.12. The molecule has 0 aliphatic heterocycles. The average molecular weight is 231 g/mol. The van der Waals surface area contributed by atoms with Gasteiger partial charge in [0.1, 0.15) is 0 Å². The van der Waals surface area contributed by atoms with Crippen molar-refractivity contribution in [1.82, 2.24) is 0 Å². The number of methoxy groups -OCH3 is 1. The van der Waals surface area contributed by atoms with Crippen molar-refractivity contribution in [2.45, 2.75) is 25.8 Å². The molecule has 0 heterocycles. The van der Waals surface area contributed by atoms with Crippen molar-refractivity contribution < 1.29 is 18.6 Å². The number of halogens is 2. The molecule has 3 N–H and O–H groups in total. The number of ether oxygens (including phenoxy) is 1. The third-order valence-electron chi connectivity index (χ3n) is 2.09. The molecule has 0 amide bonds. The second-order valence-electron chi connectivity index (χ2n) is 4.37. The van der Waals surface area contributed by atoms with E-state index in [4.69, 9.17) is 10.5 Å². The minimum Gasteiger partial charge on any atom is -0.505 e. The smallest absolute Gasteiger partial charge is 0.168 e. The maximum atomic E-state index is 13.3. The maximum Gasteiger partial charge on any atom is 0.168 e. The number of phenols is 1. The summed E-state index contributed by atoms with van der Waals surface area (Å²) in [5.74, 6) is -2.65. The third kappa shape index (κ3) is 2.61. The zero-order chi connectivity index (χ0) is 12.5. The molecular formula is C11H15F2NO2. The van der Waals surface area contributed by atoms with Crippen LogP contribution in [0.2, 0.25) is 0 Å². The highest BCUT2D eigenvalue weighted by atomic mass is 19.1. The summed E-state index contributed by atoms with van der Waals surface area (Å²) >= 11 is 0. The molecule has 0 aliphatic carbocycles. The van der Waals surface area contributed by atoms with Gasteiger partial charge in [-0.1, -0.05) is 0 Å². The summed E-state index contributed by atoms with van der Waals surface area (Å²) in [6.07, 6.45) is 0.108. The van der Waals surface area contributed by atoms with Gasteiger partial charge in [-0.15, -0.1) is 0 Å². The Morgan fingerprint density at radius 3 is 2.38 bits per heavy atom. The molecule has 0 unspecified atom stereocenters. The van der Waals surface area contributed by atoms with E-state index >= 15 is 0 Å². The minimum atomic E-state index is -1.02. The van der Waals surface area contributed by atoms with Gasteiger partial charge in [-0.3, -0.25) is 0 Å². The molecule has 0 atom stereocenters. The van der Waals surface area contributed by atoms with E-state index in [2.05, 4.69) is 0 Å². The van der Waals surface area contributed by atoms with Crippen LogP contribution in [0.5, 0.6) is 11.5 Å². The molecule has 16 heavy (non-hydrogen) atoms. The highest BCUT2D eigenvalue weighted by Gasteiger charge is 2.23. The lowest BCUT2D eigenvalue weighted by Crippen LogP contribution is -2.34. The summed E-state index contributed by atoms with van der Waals surface area (Å²) in [7, 11) is 1.25. The van der Waals surface area contributed by atoms with Crippen molar-refractivity contribution in [2.75, 3.05) is 7.11 Å². The van der Waals surface area contributed by atoms with Crippen molar-refractivity contribution in [3.05, 3.63) is 23.3 Å². The first-order valence-electron chi connectivity index (χ1n) is 4.79. The second-order valence-corrected chi connectivity index (χ2v) is 4.37. The fourth-order valence-electron chi connectivity index (χ4n) is 1.48. The SMILES string of the molecule is COc1c(F)cc(F)c(O)c1CC(C)(C)N. The summed E-state index contributed by atoms with van der Waals surface area (Å²) < 4.78 is 31.3. The number of hydrogen-bond acceptors (Lipinski definition) is 3. The van der Waals surface area contributed by atoms with Crippen molar-refractivity contribution in [3.8, 4) is 11.5 Å².